The summed E-state index contributed by atoms with van der Waals surface area (Å²) >= 11 is 1.46. The molecule has 0 radical (unpaired) electrons. The van der Waals surface area contributed by atoms with Crippen LogP contribution in [0, 0.1) is 4.91 Å². The summed E-state index contributed by atoms with van der Waals surface area (Å²) < 4.78 is 0. The predicted octanol–water partition coefficient (Wildman–Crippen LogP) is 3.87. The molecular formula is C14H14N2OS. The van der Waals surface area contributed by atoms with Crippen LogP contribution in [0.1, 0.15) is 5.56 Å². The molecule has 92 valence electrons. The molecule has 0 spiro atoms. The number of likely N-dealkylation sites (N-methyl/N-ethyl adjacent to an activating group) is 1. The number of benzene rings is 1. The number of nitrogens with zero attached hydrogens (tertiary/aromatic N) is 2. The fourth-order valence-corrected chi connectivity index (χ4v) is 2.53. The SMILES string of the molecule is CN1C=CC=C/C1=C(\N=O)SCc1ccccc1. The van der Waals surface area contributed by atoms with Gasteiger partial charge in [-0.2, -0.15) is 0 Å². The highest BCUT2D eigenvalue weighted by atomic mass is 32.2. The van der Waals surface area contributed by atoms with Gasteiger partial charge in [-0.1, -0.05) is 48.2 Å². The van der Waals surface area contributed by atoms with Gasteiger partial charge in [-0.15, -0.1) is 4.91 Å². The van der Waals surface area contributed by atoms with Crippen LogP contribution in [0.2, 0.25) is 0 Å². The first-order chi connectivity index (χ1) is 8.81. The molecule has 0 aromatic heterocycles. The molecule has 18 heavy (non-hydrogen) atoms. The fourth-order valence-electron chi connectivity index (χ4n) is 1.62. The van der Waals surface area contributed by atoms with Crippen LogP contribution in [-0.4, -0.2) is 11.9 Å². The summed E-state index contributed by atoms with van der Waals surface area (Å²) in [5, 5.41) is 3.66. The minimum absolute atomic E-state index is 0.516. The van der Waals surface area contributed by atoms with Gasteiger partial charge in [0, 0.05) is 19.0 Å². The predicted molar refractivity (Wildman–Crippen MR) is 76.6 cm³/mol. The smallest absolute Gasteiger partial charge is 0.165 e. The minimum Gasteiger partial charge on any atom is -0.349 e. The van der Waals surface area contributed by atoms with Crippen molar-refractivity contribution in [1.82, 2.24) is 4.90 Å². The molecule has 1 aromatic carbocycles. The first kappa shape index (κ1) is 12.6. The molecule has 0 bridgehead atoms. The van der Waals surface area contributed by atoms with E-state index in [2.05, 4.69) is 5.18 Å². The molecule has 1 aromatic rings. The van der Waals surface area contributed by atoms with Gasteiger partial charge in [-0.25, -0.2) is 0 Å². The van der Waals surface area contributed by atoms with E-state index in [9.17, 15) is 4.91 Å². The van der Waals surface area contributed by atoms with Crippen molar-refractivity contribution >= 4 is 11.8 Å². The summed E-state index contributed by atoms with van der Waals surface area (Å²) in [7, 11) is 1.91. The van der Waals surface area contributed by atoms with Crippen molar-refractivity contribution in [3.05, 3.63) is 76.0 Å². The number of thioether (sulfide) groups is 1. The Kier molecular flexibility index (Phi) is 4.36. The van der Waals surface area contributed by atoms with Gasteiger partial charge in [0.25, 0.3) is 0 Å². The first-order valence-electron chi connectivity index (χ1n) is 5.63. The summed E-state index contributed by atoms with van der Waals surface area (Å²) in [4.78, 5) is 12.9. The second-order valence-corrected chi connectivity index (χ2v) is 4.83. The average molecular weight is 258 g/mol. The lowest BCUT2D eigenvalue weighted by atomic mass is 10.2. The zero-order valence-electron chi connectivity index (χ0n) is 10.1. The van der Waals surface area contributed by atoms with Crippen molar-refractivity contribution in [1.29, 1.82) is 0 Å². The zero-order chi connectivity index (χ0) is 12.8. The summed E-state index contributed by atoms with van der Waals surface area (Å²) in [6, 6.07) is 10.0. The Bertz CT molecular complexity index is 506. The van der Waals surface area contributed by atoms with Crippen molar-refractivity contribution < 1.29 is 0 Å². The highest BCUT2D eigenvalue weighted by Crippen LogP contribution is 2.28. The van der Waals surface area contributed by atoms with Crippen molar-refractivity contribution in [2.45, 2.75) is 5.75 Å². The molecule has 1 aliphatic heterocycles. The van der Waals surface area contributed by atoms with Gasteiger partial charge in [0.2, 0.25) is 0 Å². The molecule has 0 saturated heterocycles. The van der Waals surface area contributed by atoms with Gasteiger partial charge in [-0.3, -0.25) is 0 Å². The summed E-state index contributed by atoms with van der Waals surface area (Å²) in [6.45, 7) is 0. The summed E-state index contributed by atoms with van der Waals surface area (Å²) in [5.74, 6) is 0.747. The molecule has 0 unspecified atom stereocenters. The van der Waals surface area contributed by atoms with Gasteiger partial charge in [0.1, 0.15) is 0 Å². The molecule has 0 saturated carbocycles. The second kappa shape index (κ2) is 6.21. The zero-order valence-corrected chi connectivity index (χ0v) is 10.9. The van der Waals surface area contributed by atoms with Crippen molar-refractivity contribution in [2.24, 2.45) is 5.18 Å². The molecule has 0 fully saturated rings. The average Bonchev–Trinajstić information content (AvgIpc) is 2.42. The molecule has 1 heterocycles. The van der Waals surface area contributed by atoms with E-state index in [1.165, 1.54) is 17.3 Å². The van der Waals surface area contributed by atoms with Crippen LogP contribution in [0.25, 0.3) is 0 Å². The Morgan fingerprint density at radius 2 is 2.06 bits per heavy atom. The summed E-state index contributed by atoms with van der Waals surface area (Å²) in [5.41, 5.74) is 2.02. The third-order valence-electron chi connectivity index (χ3n) is 2.58. The first-order valence-corrected chi connectivity index (χ1v) is 6.62. The van der Waals surface area contributed by atoms with Gasteiger partial charge in [-0.05, 0) is 22.9 Å². The Hall–Kier alpha value is -1.81. The van der Waals surface area contributed by atoms with Gasteiger partial charge in [0.05, 0.1) is 5.70 Å². The number of hydrogen-bond acceptors (Lipinski definition) is 4. The molecule has 0 N–H and O–H groups in total. The van der Waals surface area contributed by atoms with Crippen molar-refractivity contribution in [3.63, 3.8) is 0 Å². The second-order valence-electron chi connectivity index (χ2n) is 3.87. The van der Waals surface area contributed by atoms with E-state index in [1.807, 2.05) is 66.7 Å². The normalized spacial score (nSPS) is 16.8. The molecule has 1 aliphatic rings. The van der Waals surface area contributed by atoms with E-state index in [0.29, 0.717) is 5.03 Å². The third-order valence-corrected chi connectivity index (χ3v) is 3.61. The maximum atomic E-state index is 11.0. The third kappa shape index (κ3) is 3.11. The lowest BCUT2D eigenvalue weighted by Crippen LogP contribution is -2.11. The van der Waals surface area contributed by atoms with E-state index >= 15 is 0 Å². The number of nitroso groups, excluding NO2 is 1. The van der Waals surface area contributed by atoms with E-state index in [0.717, 1.165) is 11.4 Å². The Morgan fingerprint density at radius 1 is 1.28 bits per heavy atom. The Labute approximate surface area is 111 Å². The van der Waals surface area contributed by atoms with Crippen LogP contribution in [0.3, 0.4) is 0 Å². The van der Waals surface area contributed by atoms with Crippen LogP contribution < -0.4 is 0 Å². The van der Waals surface area contributed by atoms with E-state index in [1.54, 1.807) is 0 Å². The number of allylic oxidation sites excluding steroid dienone is 3. The van der Waals surface area contributed by atoms with Crippen LogP contribution in [0.5, 0.6) is 0 Å². The summed E-state index contributed by atoms with van der Waals surface area (Å²) in [6.07, 6.45) is 7.63. The molecule has 4 heteroatoms. The molecule has 3 nitrogen and oxygen atoms in total. The lowest BCUT2D eigenvalue weighted by Gasteiger charge is -2.18. The van der Waals surface area contributed by atoms with E-state index < -0.39 is 0 Å². The lowest BCUT2D eigenvalue weighted by molar-refractivity contribution is 0.580. The van der Waals surface area contributed by atoms with Gasteiger partial charge in [0.15, 0.2) is 5.03 Å². The minimum atomic E-state index is 0.516. The van der Waals surface area contributed by atoms with E-state index in [-0.39, 0.29) is 0 Å². The molecule has 0 amide bonds. The maximum Gasteiger partial charge on any atom is 0.165 e. The topological polar surface area (TPSA) is 32.7 Å². The fraction of sp³-hybridized carbons (Fsp3) is 0.143. The molecule has 0 aliphatic carbocycles. The largest absolute Gasteiger partial charge is 0.349 e. The maximum absolute atomic E-state index is 11.0. The van der Waals surface area contributed by atoms with Gasteiger partial charge < -0.3 is 4.90 Å². The molecular weight excluding hydrogens is 244 g/mol. The highest BCUT2D eigenvalue weighted by molar-refractivity contribution is 8.02. The van der Waals surface area contributed by atoms with Gasteiger partial charge >= 0.3 is 0 Å². The standard InChI is InChI=1S/C14H14N2OS/c1-16-10-6-5-9-13(16)14(15-17)18-11-12-7-3-2-4-8-12/h2-10H,11H2,1H3/b14-13-. The van der Waals surface area contributed by atoms with Crippen LogP contribution in [0.15, 0.2) is 70.7 Å². The van der Waals surface area contributed by atoms with E-state index in [4.69, 9.17) is 0 Å². The van der Waals surface area contributed by atoms with Crippen molar-refractivity contribution in [3.8, 4) is 0 Å². The van der Waals surface area contributed by atoms with Crippen molar-refractivity contribution in [2.75, 3.05) is 7.05 Å². The molecule has 0 atom stereocenters. The Morgan fingerprint density at radius 3 is 2.72 bits per heavy atom. The van der Waals surface area contributed by atoms with Crippen LogP contribution >= 0.6 is 11.8 Å². The monoisotopic (exact) mass is 258 g/mol. The highest BCUT2D eigenvalue weighted by Gasteiger charge is 2.11. The van der Waals surface area contributed by atoms with Crippen LogP contribution in [0.4, 0.5) is 0 Å². The van der Waals surface area contributed by atoms with Crippen LogP contribution in [-0.2, 0) is 5.75 Å². The number of rotatable bonds is 4. The quantitative estimate of drug-likeness (QED) is 0.768. The Balaban J connectivity index is 2.10. The number of hydrogen-bond donors (Lipinski definition) is 0. The molecule has 2 rings (SSSR count).